The van der Waals surface area contributed by atoms with Crippen LogP contribution in [0.4, 0.5) is 4.39 Å². The lowest BCUT2D eigenvalue weighted by atomic mass is 10.2. The van der Waals surface area contributed by atoms with Crippen molar-refractivity contribution in [1.29, 1.82) is 0 Å². The zero-order chi connectivity index (χ0) is 12.7. The number of rotatable bonds is 3. The Balaban J connectivity index is 1.97. The zero-order valence-corrected chi connectivity index (χ0v) is 12.4. The minimum Gasteiger partial charge on any atom is -0.293 e. The molecule has 1 aliphatic rings. The normalized spacial score (nSPS) is 14.8. The van der Waals surface area contributed by atoms with Crippen LogP contribution >= 0.6 is 33.9 Å². The summed E-state index contributed by atoms with van der Waals surface area (Å²) in [7, 11) is 0. The molecule has 1 aliphatic carbocycles. The molecule has 4 heteroatoms. The minimum absolute atomic E-state index is 0.212. The molecule has 1 nitrogen and oxygen atoms in total. The van der Waals surface area contributed by atoms with Gasteiger partial charge in [-0.15, -0.1) is 11.3 Å². The molecule has 0 unspecified atom stereocenters. The lowest BCUT2D eigenvalue weighted by Crippen LogP contribution is -1.96. The Morgan fingerprint density at radius 1 is 1.28 bits per heavy atom. The van der Waals surface area contributed by atoms with Gasteiger partial charge in [0.2, 0.25) is 0 Å². The summed E-state index contributed by atoms with van der Waals surface area (Å²) >= 11 is 3.47. The molecule has 3 rings (SSSR count). The first-order valence-electron chi connectivity index (χ1n) is 5.75. The molecule has 0 radical (unpaired) electrons. The second kappa shape index (κ2) is 4.74. The molecule has 0 amide bonds. The Morgan fingerprint density at radius 2 is 2.06 bits per heavy atom. The van der Waals surface area contributed by atoms with E-state index in [1.807, 2.05) is 40.8 Å². The molecule has 1 heterocycles. The third-order valence-corrected chi connectivity index (χ3v) is 5.24. The maximum atomic E-state index is 13.5. The van der Waals surface area contributed by atoms with E-state index < -0.39 is 0 Å². The molecule has 92 valence electrons. The lowest BCUT2D eigenvalue weighted by Gasteiger charge is -2.02. The monoisotopic (exact) mass is 372 g/mol. The van der Waals surface area contributed by atoms with Crippen LogP contribution in [0.5, 0.6) is 0 Å². The van der Waals surface area contributed by atoms with Crippen molar-refractivity contribution in [3.05, 3.63) is 44.6 Å². The Labute approximate surface area is 122 Å². The van der Waals surface area contributed by atoms with E-state index in [9.17, 15) is 9.18 Å². The van der Waals surface area contributed by atoms with E-state index in [4.69, 9.17) is 0 Å². The number of ketones is 1. The van der Waals surface area contributed by atoms with Gasteiger partial charge in [0, 0.05) is 16.4 Å². The first-order valence-corrected chi connectivity index (χ1v) is 7.65. The minimum atomic E-state index is -0.212. The van der Waals surface area contributed by atoms with Gasteiger partial charge in [-0.1, -0.05) is 12.1 Å². The molecule has 0 bridgehead atoms. The highest BCUT2D eigenvalue weighted by Gasteiger charge is 2.31. The number of carbonyl (C=O) groups excluding carboxylic acids is 1. The van der Waals surface area contributed by atoms with Crippen LogP contribution in [0.15, 0.2) is 30.3 Å². The fourth-order valence-corrected chi connectivity index (χ4v) is 3.75. The van der Waals surface area contributed by atoms with E-state index >= 15 is 0 Å². The molecule has 0 aliphatic heterocycles. The smallest absolute Gasteiger partial charge is 0.175 e. The van der Waals surface area contributed by atoms with Crippen molar-refractivity contribution in [2.75, 3.05) is 0 Å². The number of halogens is 2. The SMILES string of the molecule is O=C(c1ccc(-c2cccc(F)c2I)s1)C1CC1. The van der Waals surface area contributed by atoms with Crippen LogP contribution in [0.1, 0.15) is 22.5 Å². The van der Waals surface area contributed by atoms with Gasteiger partial charge in [-0.2, -0.15) is 0 Å². The number of Topliss-reactive ketones (excluding diaryl/α,β-unsaturated/α-hetero) is 1. The van der Waals surface area contributed by atoms with Crippen molar-refractivity contribution in [1.82, 2.24) is 0 Å². The van der Waals surface area contributed by atoms with Gasteiger partial charge in [0.05, 0.1) is 8.45 Å². The van der Waals surface area contributed by atoms with Gasteiger partial charge in [0.1, 0.15) is 5.82 Å². The average molecular weight is 372 g/mol. The molecule has 1 saturated carbocycles. The summed E-state index contributed by atoms with van der Waals surface area (Å²) < 4.78 is 14.1. The molecule has 1 fully saturated rings. The fraction of sp³-hybridized carbons (Fsp3) is 0.214. The number of hydrogen-bond acceptors (Lipinski definition) is 2. The van der Waals surface area contributed by atoms with Crippen molar-refractivity contribution in [2.24, 2.45) is 5.92 Å². The topological polar surface area (TPSA) is 17.1 Å². The predicted octanol–water partition coefficient (Wildman–Crippen LogP) is 4.75. The maximum absolute atomic E-state index is 13.5. The van der Waals surface area contributed by atoms with Crippen molar-refractivity contribution in [2.45, 2.75) is 12.8 Å². The van der Waals surface area contributed by atoms with E-state index in [-0.39, 0.29) is 17.5 Å². The molecule has 1 aromatic carbocycles. The predicted molar refractivity (Wildman–Crippen MR) is 79.5 cm³/mol. The molecule has 18 heavy (non-hydrogen) atoms. The zero-order valence-electron chi connectivity index (χ0n) is 9.45. The third-order valence-electron chi connectivity index (χ3n) is 3.01. The number of thiophene rings is 1. The second-order valence-corrected chi connectivity index (χ2v) is 6.57. The first-order chi connectivity index (χ1) is 8.66. The second-order valence-electron chi connectivity index (χ2n) is 4.40. The summed E-state index contributed by atoms with van der Waals surface area (Å²) in [4.78, 5) is 13.7. The number of carbonyl (C=O) groups is 1. The van der Waals surface area contributed by atoms with Gasteiger partial charge < -0.3 is 0 Å². The lowest BCUT2D eigenvalue weighted by molar-refractivity contribution is 0.0971. The molecule has 1 aromatic heterocycles. The summed E-state index contributed by atoms with van der Waals surface area (Å²) in [6, 6.07) is 8.82. The Morgan fingerprint density at radius 3 is 2.78 bits per heavy atom. The van der Waals surface area contributed by atoms with E-state index in [2.05, 4.69) is 0 Å². The fourth-order valence-electron chi connectivity index (χ4n) is 1.86. The van der Waals surface area contributed by atoms with E-state index in [0.717, 1.165) is 28.2 Å². The molecule has 0 N–H and O–H groups in total. The van der Waals surface area contributed by atoms with E-state index in [1.54, 1.807) is 6.07 Å². The van der Waals surface area contributed by atoms with Crippen LogP contribution in [-0.4, -0.2) is 5.78 Å². The molecule has 2 aromatic rings. The Hall–Kier alpha value is -0.750. The molecule has 0 atom stereocenters. The summed E-state index contributed by atoms with van der Waals surface area (Å²) in [5, 5.41) is 0. The van der Waals surface area contributed by atoms with E-state index in [0.29, 0.717) is 3.57 Å². The average Bonchev–Trinajstić information content (AvgIpc) is 3.10. The number of hydrogen-bond donors (Lipinski definition) is 0. The molecular formula is C14H10FIOS. The van der Waals surface area contributed by atoms with Crippen LogP contribution < -0.4 is 0 Å². The molecule has 0 saturated heterocycles. The highest BCUT2D eigenvalue weighted by molar-refractivity contribution is 14.1. The van der Waals surface area contributed by atoms with Gasteiger partial charge in [0.15, 0.2) is 5.78 Å². The molecular weight excluding hydrogens is 362 g/mol. The van der Waals surface area contributed by atoms with Crippen molar-refractivity contribution in [3.63, 3.8) is 0 Å². The standard InChI is InChI=1S/C14H10FIOS/c15-10-3-1-2-9(13(10)16)11-6-7-12(18-11)14(17)8-4-5-8/h1-3,6-8H,4-5H2. The summed E-state index contributed by atoms with van der Waals surface area (Å²) in [6.07, 6.45) is 2.03. The van der Waals surface area contributed by atoms with Crippen LogP contribution in [-0.2, 0) is 0 Å². The molecule has 0 spiro atoms. The van der Waals surface area contributed by atoms with Crippen LogP contribution in [0.2, 0.25) is 0 Å². The Bertz CT molecular complexity index is 616. The van der Waals surface area contributed by atoms with Crippen molar-refractivity contribution >= 4 is 39.7 Å². The summed E-state index contributed by atoms with van der Waals surface area (Å²) in [6.45, 7) is 0. The van der Waals surface area contributed by atoms with E-state index in [1.165, 1.54) is 17.4 Å². The maximum Gasteiger partial charge on any atom is 0.175 e. The highest BCUT2D eigenvalue weighted by atomic mass is 127. The first kappa shape index (κ1) is 12.3. The van der Waals surface area contributed by atoms with Gasteiger partial charge in [-0.05, 0) is 53.6 Å². The largest absolute Gasteiger partial charge is 0.293 e. The van der Waals surface area contributed by atoms with Crippen LogP contribution in [0.3, 0.4) is 0 Å². The highest BCUT2D eigenvalue weighted by Crippen LogP contribution is 2.38. The van der Waals surface area contributed by atoms with Gasteiger partial charge in [-0.3, -0.25) is 4.79 Å². The van der Waals surface area contributed by atoms with Gasteiger partial charge >= 0.3 is 0 Å². The van der Waals surface area contributed by atoms with Crippen LogP contribution in [0.25, 0.3) is 10.4 Å². The number of benzene rings is 1. The van der Waals surface area contributed by atoms with Crippen molar-refractivity contribution < 1.29 is 9.18 Å². The van der Waals surface area contributed by atoms with Gasteiger partial charge in [-0.25, -0.2) is 4.39 Å². The Kier molecular flexibility index (Phi) is 3.23. The van der Waals surface area contributed by atoms with Crippen LogP contribution in [0, 0.1) is 15.3 Å². The summed E-state index contributed by atoms with van der Waals surface area (Å²) in [5.41, 5.74) is 0.871. The van der Waals surface area contributed by atoms with Crippen molar-refractivity contribution in [3.8, 4) is 10.4 Å². The summed E-state index contributed by atoms with van der Waals surface area (Å²) in [5.74, 6) is 0.275. The van der Waals surface area contributed by atoms with Gasteiger partial charge in [0.25, 0.3) is 0 Å². The quantitative estimate of drug-likeness (QED) is 0.561. The third kappa shape index (κ3) is 2.23.